The van der Waals surface area contributed by atoms with Crippen LogP contribution in [0.4, 0.5) is 4.79 Å². The summed E-state index contributed by atoms with van der Waals surface area (Å²) in [5.41, 5.74) is 1.18. The lowest BCUT2D eigenvalue weighted by Crippen LogP contribution is -2.33. The van der Waals surface area contributed by atoms with Crippen molar-refractivity contribution in [3.8, 4) is 5.75 Å². The van der Waals surface area contributed by atoms with E-state index in [0.29, 0.717) is 36.9 Å². The van der Waals surface area contributed by atoms with Crippen LogP contribution in [0.15, 0.2) is 37.4 Å². The number of imide groups is 1. The number of hydrogen-bond donors (Lipinski definition) is 1. The first-order chi connectivity index (χ1) is 14.4. The average molecular weight is 878 g/mol. The van der Waals surface area contributed by atoms with Crippen LogP contribution in [0.3, 0.4) is 0 Å². The van der Waals surface area contributed by atoms with E-state index in [1.807, 2.05) is 6.92 Å². The Kier molecular flexibility index (Phi) is 8.19. The van der Waals surface area contributed by atoms with Crippen LogP contribution in [0.1, 0.15) is 39.1 Å². The topological polar surface area (TPSA) is 83.9 Å². The van der Waals surface area contributed by atoms with Crippen LogP contribution < -0.4 is 4.74 Å². The molecule has 1 heterocycles. The lowest BCUT2D eigenvalue weighted by Gasteiger charge is -2.23. The third-order valence-electron chi connectivity index (χ3n) is 4.49. The minimum Gasteiger partial charge on any atom is -0.449 e. The Labute approximate surface area is 235 Å². The van der Waals surface area contributed by atoms with Crippen molar-refractivity contribution in [1.82, 2.24) is 4.90 Å². The number of halogens is 7. The van der Waals surface area contributed by atoms with Gasteiger partial charge in [-0.3, -0.25) is 14.5 Å². The number of ether oxygens (including phenoxy) is 1. The summed E-state index contributed by atoms with van der Waals surface area (Å²) in [6, 6.07) is 1.65. The van der Waals surface area contributed by atoms with Gasteiger partial charge in [-0.05, 0) is 107 Å². The zero-order chi connectivity index (χ0) is 23.4. The van der Waals surface area contributed by atoms with Crippen LogP contribution in [0.2, 0.25) is 0 Å². The van der Waals surface area contributed by atoms with Gasteiger partial charge in [-0.1, -0.05) is 22.9 Å². The van der Waals surface area contributed by atoms with E-state index in [1.54, 1.807) is 6.07 Å². The molecule has 2 amide bonds. The molecule has 0 fully saturated rings. The van der Waals surface area contributed by atoms with Crippen molar-refractivity contribution in [2.24, 2.45) is 0 Å². The Morgan fingerprint density at radius 2 is 1.39 bits per heavy atom. The van der Waals surface area contributed by atoms with Gasteiger partial charge in [0.05, 0.1) is 20.1 Å². The summed E-state index contributed by atoms with van der Waals surface area (Å²) >= 11 is 23.8. The van der Waals surface area contributed by atoms with E-state index >= 15 is 0 Å². The second-order valence-corrected chi connectivity index (χ2v) is 12.1. The van der Waals surface area contributed by atoms with Crippen molar-refractivity contribution in [1.29, 1.82) is 0 Å². The zero-order valence-electron chi connectivity index (χ0n) is 15.0. The van der Waals surface area contributed by atoms with Gasteiger partial charge in [0, 0.05) is 34.8 Å². The number of hydrogen-bond acceptors (Lipinski definition) is 4. The van der Waals surface area contributed by atoms with Gasteiger partial charge in [-0.2, -0.15) is 0 Å². The van der Waals surface area contributed by atoms with E-state index in [0.717, 1.165) is 0 Å². The van der Waals surface area contributed by atoms with Crippen molar-refractivity contribution in [3.63, 3.8) is 0 Å². The largest absolute Gasteiger partial charge is 0.511 e. The number of fused-ring (bicyclic) bond motifs is 1. The first kappa shape index (κ1) is 25.8. The van der Waals surface area contributed by atoms with Gasteiger partial charge in [0.25, 0.3) is 11.8 Å². The maximum Gasteiger partial charge on any atom is 0.511 e. The quantitative estimate of drug-likeness (QED) is 0.110. The fourth-order valence-corrected chi connectivity index (χ4v) is 8.67. The molecule has 2 aromatic rings. The molecule has 0 bridgehead atoms. The summed E-state index contributed by atoms with van der Waals surface area (Å²) in [6.45, 7) is 1.88. The molecule has 31 heavy (non-hydrogen) atoms. The van der Waals surface area contributed by atoms with Gasteiger partial charge in [0.2, 0.25) is 0 Å². The molecule has 1 aliphatic rings. The fraction of sp³-hybridized carbons (Fsp3) is 0.167. The van der Waals surface area contributed by atoms with Gasteiger partial charge < -0.3 is 9.84 Å². The number of carbonyl (C=O) groups is 3. The Hall–Kier alpha value is 0.210. The Bertz CT molecular complexity index is 1120. The molecule has 0 saturated heterocycles. The molecule has 164 valence electrons. The number of carboxylic acid groups (broad SMARTS) is 1. The molecule has 1 aliphatic heterocycles. The summed E-state index contributed by atoms with van der Waals surface area (Å²) in [4.78, 5) is 38.5. The molecule has 1 unspecified atom stereocenters. The molecule has 0 aromatic heterocycles. The first-order valence-corrected chi connectivity index (χ1v) is 13.7. The second-order valence-electron chi connectivity index (χ2n) is 6.39. The van der Waals surface area contributed by atoms with Crippen molar-refractivity contribution in [2.45, 2.75) is 12.8 Å². The van der Waals surface area contributed by atoms with Crippen LogP contribution in [0, 0.1) is 0 Å². The molecule has 0 spiro atoms. The van der Waals surface area contributed by atoms with Crippen LogP contribution in [0.5, 0.6) is 5.75 Å². The fourth-order valence-electron chi connectivity index (χ4n) is 3.15. The van der Waals surface area contributed by atoms with Gasteiger partial charge in [0.1, 0.15) is 0 Å². The van der Waals surface area contributed by atoms with Crippen LogP contribution >= 0.6 is 112 Å². The van der Waals surface area contributed by atoms with Crippen molar-refractivity contribution in [3.05, 3.63) is 54.1 Å². The van der Waals surface area contributed by atoms with E-state index in [2.05, 4.69) is 112 Å². The number of rotatable bonds is 4. The third-order valence-corrected chi connectivity index (χ3v) is 11.3. The molecule has 2 aromatic carbocycles. The van der Waals surface area contributed by atoms with Crippen molar-refractivity contribution in [2.75, 3.05) is 6.54 Å². The van der Waals surface area contributed by atoms with Crippen LogP contribution in [-0.2, 0) is 0 Å². The minimum atomic E-state index is -1.46. The van der Waals surface area contributed by atoms with E-state index in [4.69, 9.17) is 9.84 Å². The normalized spacial score (nSPS) is 14.1. The SMILES string of the molecule is CC(CN1C(=O)c2c(Br)c(Br)c(Br)c(Br)c2C1=O)c1c(Br)cc(Br)c(OC(=O)O)c1Br. The average Bonchev–Trinajstić information content (AvgIpc) is 2.92. The van der Waals surface area contributed by atoms with Crippen molar-refractivity contribution < 1.29 is 24.2 Å². The molecular formula is C18H8Br7NO5. The maximum atomic E-state index is 13.1. The molecule has 13 heteroatoms. The van der Waals surface area contributed by atoms with E-state index in [-0.39, 0.29) is 29.3 Å². The molecular weight excluding hydrogens is 870 g/mol. The molecule has 1 N–H and O–H groups in total. The predicted molar refractivity (Wildman–Crippen MR) is 139 cm³/mol. The Morgan fingerprint density at radius 3 is 1.84 bits per heavy atom. The van der Waals surface area contributed by atoms with E-state index < -0.39 is 18.0 Å². The van der Waals surface area contributed by atoms with Crippen molar-refractivity contribution >= 4 is 129 Å². The number of amides is 2. The van der Waals surface area contributed by atoms with Crippen LogP contribution in [-0.4, -0.2) is 34.5 Å². The number of carbonyl (C=O) groups excluding carboxylic acids is 2. The van der Waals surface area contributed by atoms with E-state index in [9.17, 15) is 14.4 Å². The highest BCUT2D eigenvalue weighted by atomic mass is 79.9. The molecule has 6 nitrogen and oxygen atoms in total. The molecule has 0 aliphatic carbocycles. The van der Waals surface area contributed by atoms with Gasteiger partial charge in [0.15, 0.2) is 5.75 Å². The Balaban J connectivity index is 2.02. The van der Waals surface area contributed by atoms with Gasteiger partial charge in [-0.25, -0.2) is 4.79 Å². The van der Waals surface area contributed by atoms with Gasteiger partial charge >= 0.3 is 6.16 Å². The second kappa shape index (κ2) is 9.83. The van der Waals surface area contributed by atoms with Crippen LogP contribution in [0.25, 0.3) is 0 Å². The maximum absolute atomic E-state index is 13.1. The minimum absolute atomic E-state index is 0.0613. The van der Waals surface area contributed by atoms with Gasteiger partial charge in [-0.15, -0.1) is 0 Å². The first-order valence-electron chi connectivity index (χ1n) is 8.18. The Morgan fingerprint density at radius 1 is 0.903 bits per heavy atom. The monoisotopic (exact) mass is 870 g/mol. The molecule has 0 radical (unpaired) electrons. The summed E-state index contributed by atoms with van der Waals surface area (Å²) in [5.74, 6) is -1.14. The zero-order valence-corrected chi connectivity index (χ0v) is 26.1. The summed E-state index contributed by atoms with van der Waals surface area (Å²) in [5, 5.41) is 9.02. The third kappa shape index (κ3) is 4.61. The highest BCUT2D eigenvalue weighted by molar-refractivity contribution is 9.15. The standard InChI is InChI=1S/C18H8Br7NO5/c1-4(7-5(19)2-6(20)15(12(7)23)31-18(29)30)3-26-16(27)8-9(17(26)28)11(22)14(25)13(24)10(8)21/h2,4H,3H2,1H3,(H,29,30). The predicted octanol–water partition coefficient (Wildman–Crippen LogP) is 8.48. The molecule has 3 rings (SSSR count). The molecule has 0 saturated carbocycles. The summed E-state index contributed by atoms with van der Waals surface area (Å²) in [6.07, 6.45) is -1.46. The highest BCUT2D eigenvalue weighted by Crippen LogP contribution is 2.47. The van der Waals surface area contributed by atoms with E-state index in [1.165, 1.54) is 4.90 Å². The molecule has 1 atom stereocenters. The number of benzene rings is 2. The highest BCUT2D eigenvalue weighted by Gasteiger charge is 2.41. The summed E-state index contributed by atoms with van der Waals surface area (Å²) < 4.78 is 8.54. The smallest absolute Gasteiger partial charge is 0.449 e. The lowest BCUT2D eigenvalue weighted by molar-refractivity contribution is 0.0645. The number of nitrogens with zero attached hydrogens (tertiary/aromatic N) is 1. The lowest BCUT2D eigenvalue weighted by atomic mass is 10.00. The summed E-state index contributed by atoms with van der Waals surface area (Å²) in [7, 11) is 0.